The van der Waals surface area contributed by atoms with Gasteiger partial charge in [-0.15, -0.1) is 0 Å². The Bertz CT molecular complexity index is 2120. The maximum absolute atomic E-state index is 6.40. The van der Waals surface area contributed by atoms with Crippen LogP contribution in [0.5, 0.6) is 0 Å². The molecule has 5 aromatic carbocycles. The monoisotopic (exact) mass is 599 g/mol. The van der Waals surface area contributed by atoms with Gasteiger partial charge in [-0.1, -0.05) is 117 Å². The fourth-order valence-corrected chi connectivity index (χ4v) is 6.70. The zero-order valence-electron chi connectivity index (χ0n) is 27.3. The second-order valence-electron chi connectivity index (χ2n) is 13.1. The van der Waals surface area contributed by atoms with E-state index in [0.717, 1.165) is 55.6 Å². The summed E-state index contributed by atoms with van der Waals surface area (Å²) in [5.74, 6) is 0.917. The molecule has 1 heterocycles. The summed E-state index contributed by atoms with van der Waals surface area (Å²) in [5, 5.41) is 2.25. The van der Waals surface area contributed by atoms with Crippen LogP contribution < -0.4 is 0 Å². The number of hydrogen-bond donors (Lipinski definition) is 0. The van der Waals surface area contributed by atoms with Crippen molar-refractivity contribution in [1.82, 2.24) is 0 Å². The van der Waals surface area contributed by atoms with Gasteiger partial charge in [0.2, 0.25) is 0 Å². The highest BCUT2D eigenvalue weighted by Crippen LogP contribution is 2.44. The predicted octanol–water partition coefficient (Wildman–Crippen LogP) is 12.3. The van der Waals surface area contributed by atoms with Gasteiger partial charge in [0.05, 0.1) is 11.4 Å². The first-order valence-electron chi connectivity index (χ1n) is 16.5. The van der Waals surface area contributed by atoms with E-state index in [0.29, 0.717) is 5.92 Å². The molecule has 2 nitrogen and oxygen atoms in total. The molecule has 1 aromatic heterocycles. The number of fused-ring (bicyclic) bond motifs is 3. The molecule has 0 atom stereocenters. The predicted molar refractivity (Wildman–Crippen MR) is 196 cm³/mol. The molecule has 1 saturated carbocycles. The molecule has 7 rings (SSSR count). The molecule has 6 aromatic rings. The topological polar surface area (TPSA) is 25.5 Å². The van der Waals surface area contributed by atoms with E-state index in [1.807, 2.05) is 12.1 Å². The smallest absolute Gasteiger partial charge is 0.135 e. The van der Waals surface area contributed by atoms with Gasteiger partial charge in [0.1, 0.15) is 11.2 Å². The first-order valence-corrected chi connectivity index (χ1v) is 16.5. The molecule has 1 fully saturated rings. The van der Waals surface area contributed by atoms with E-state index in [2.05, 4.69) is 137 Å². The molecule has 46 heavy (non-hydrogen) atoms. The summed E-state index contributed by atoms with van der Waals surface area (Å²) in [7, 11) is 0. The number of aliphatic imine (C=N–C) groups is 1. The lowest BCUT2D eigenvalue weighted by atomic mass is 9.76. The summed E-state index contributed by atoms with van der Waals surface area (Å²) < 4.78 is 6.40. The lowest BCUT2D eigenvalue weighted by Crippen LogP contribution is -2.10. The first-order chi connectivity index (χ1) is 22.4. The van der Waals surface area contributed by atoms with E-state index in [1.165, 1.54) is 47.1 Å². The maximum atomic E-state index is 6.40. The molecule has 0 bridgehead atoms. The molecule has 1 aliphatic rings. The molecular weight excluding hydrogens is 558 g/mol. The molecule has 0 aliphatic heterocycles. The summed E-state index contributed by atoms with van der Waals surface area (Å²) in [6.45, 7) is 13.3. The van der Waals surface area contributed by atoms with E-state index in [4.69, 9.17) is 9.41 Å². The minimum absolute atomic E-state index is 0.257. The van der Waals surface area contributed by atoms with Crippen molar-refractivity contribution < 1.29 is 4.42 Å². The number of allylic oxidation sites excluding steroid dienone is 2. The Kier molecular flexibility index (Phi) is 8.05. The van der Waals surface area contributed by atoms with Crippen molar-refractivity contribution in [2.45, 2.75) is 52.9 Å². The fraction of sp³-hybridized carbons (Fsp3) is 0.205. The molecule has 0 radical (unpaired) electrons. The van der Waals surface area contributed by atoms with Crippen molar-refractivity contribution in [1.29, 1.82) is 0 Å². The maximum Gasteiger partial charge on any atom is 0.135 e. The van der Waals surface area contributed by atoms with Gasteiger partial charge in [-0.25, -0.2) is 0 Å². The van der Waals surface area contributed by atoms with Crippen LogP contribution in [-0.4, -0.2) is 5.71 Å². The van der Waals surface area contributed by atoms with E-state index in [1.54, 1.807) is 0 Å². The highest BCUT2D eigenvalue weighted by atomic mass is 16.3. The van der Waals surface area contributed by atoms with Crippen LogP contribution in [0.3, 0.4) is 0 Å². The van der Waals surface area contributed by atoms with Gasteiger partial charge in [0.15, 0.2) is 0 Å². The van der Waals surface area contributed by atoms with Gasteiger partial charge in [-0.3, -0.25) is 4.99 Å². The highest BCUT2D eigenvalue weighted by molar-refractivity contribution is 6.08. The normalized spacial score (nSPS) is 14.3. The second kappa shape index (κ2) is 12.4. The van der Waals surface area contributed by atoms with Gasteiger partial charge >= 0.3 is 0 Å². The third kappa shape index (κ3) is 5.76. The number of furan rings is 1. The Labute approximate surface area is 272 Å². The zero-order valence-corrected chi connectivity index (χ0v) is 27.3. The van der Waals surface area contributed by atoms with Crippen molar-refractivity contribution in [2.24, 2.45) is 10.9 Å². The number of rotatable bonds is 8. The van der Waals surface area contributed by atoms with Gasteiger partial charge in [-0.2, -0.15) is 0 Å². The van der Waals surface area contributed by atoms with Gasteiger partial charge in [0, 0.05) is 16.3 Å². The van der Waals surface area contributed by atoms with Crippen molar-refractivity contribution in [3.05, 3.63) is 155 Å². The summed E-state index contributed by atoms with van der Waals surface area (Å²) in [6.07, 6.45) is 6.01. The molecule has 0 saturated heterocycles. The van der Waals surface area contributed by atoms with Crippen molar-refractivity contribution in [3.8, 4) is 11.1 Å². The molecule has 2 heteroatoms. The van der Waals surface area contributed by atoms with E-state index < -0.39 is 0 Å². The Balaban J connectivity index is 1.33. The van der Waals surface area contributed by atoms with Crippen LogP contribution in [0.2, 0.25) is 0 Å². The van der Waals surface area contributed by atoms with Crippen molar-refractivity contribution in [2.75, 3.05) is 0 Å². The van der Waals surface area contributed by atoms with Crippen LogP contribution in [0, 0.1) is 19.8 Å². The quantitative estimate of drug-likeness (QED) is 0.126. The van der Waals surface area contributed by atoms with E-state index >= 15 is 0 Å². The summed E-state index contributed by atoms with van der Waals surface area (Å²) in [5.41, 5.74) is 14.6. The molecule has 0 spiro atoms. The van der Waals surface area contributed by atoms with Crippen LogP contribution in [0.4, 0.5) is 0 Å². The minimum Gasteiger partial charge on any atom is -0.456 e. The molecule has 0 unspecified atom stereocenters. The number of hydrogen-bond acceptors (Lipinski definition) is 2. The van der Waals surface area contributed by atoms with Crippen LogP contribution >= 0.6 is 0 Å². The lowest BCUT2D eigenvalue weighted by molar-refractivity contribution is 0.420. The number of benzene rings is 5. The minimum atomic E-state index is 0.257. The zero-order chi connectivity index (χ0) is 31.8. The van der Waals surface area contributed by atoms with Crippen molar-refractivity contribution in [3.63, 3.8) is 0 Å². The Morgan fingerprint density at radius 3 is 2.11 bits per heavy atom. The Hall–Kier alpha value is -4.95. The van der Waals surface area contributed by atoms with Crippen LogP contribution in [0.1, 0.15) is 72.4 Å². The molecule has 228 valence electrons. The molecule has 0 N–H and O–H groups in total. The summed E-state index contributed by atoms with van der Waals surface area (Å²) in [4.78, 5) is 5.28. The van der Waals surface area contributed by atoms with Crippen molar-refractivity contribution >= 4 is 38.9 Å². The van der Waals surface area contributed by atoms with Gasteiger partial charge < -0.3 is 4.42 Å². The fourth-order valence-electron chi connectivity index (χ4n) is 6.70. The van der Waals surface area contributed by atoms with E-state index in [-0.39, 0.29) is 5.92 Å². The second-order valence-corrected chi connectivity index (χ2v) is 13.1. The van der Waals surface area contributed by atoms with Gasteiger partial charge in [-0.05, 0) is 108 Å². The third-order valence-corrected chi connectivity index (χ3v) is 9.47. The average Bonchev–Trinajstić information content (AvgIpc) is 3.39. The molecular formula is C44H41NO. The van der Waals surface area contributed by atoms with Crippen LogP contribution in [-0.2, 0) is 0 Å². The third-order valence-electron chi connectivity index (χ3n) is 9.47. The first kappa shape index (κ1) is 29.7. The highest BCUT2D eigenvalue weighted by Gasteiger charge is 2.24. The summed E-state index contributed by atoms with van der Waals surface area (Å²) >= 11 is 0. The average molecular weight is 600 g/mol. The van der Waals surface area contributed by atoms with Crippen LogP contribution in [0.25, 0.3) is 44.3 Å². The molecule has 0 amide bonds. The van der Waals surface area contributed by atoms with E-state index in [9.17, 15) is 0 Å². The lowest BCUT2D eigenvalue weighted by Gasteiger charge is -2.28. The Morgan fingerprint density at radius 1 is 0.739 bits per heavy atom. The SMILES string of the molecule is C=C(/C=C(\N=C(c1ccccc1)C(C)C)c1ccccc1)c1ccc2oc3cc(C)c(-c4cc(C)ccc4C4CCC4)cc3c2c1. The number of nitrogens with zero attached hydrogens (tertiary/aromatic N) is 1. The summed E-state index contributed by atoms with van der Waals surface area (Å²) in [6, 6.07) is 38.8. The number of aryl methyl sites for hydroxylation is 2. The Morgan fingerprint density at radius 2 is 1.43 bits per heavy atom. The standard InChI is InChI=1S/C44H41NO/c1-28(2)44(34-15-10-7-11-16-34)45-41(33-13-8-6-9-14-33)24-30(4)35-20-22-42-39(26-35)40-27-37(31(5)25-43(40)46-42)38-23-29(3)19-21-36(38)32-17-12-18-32/h6-11,13-16,19-28,32H,4,12,17-18H2,1-3,5H3/b41-24-,45-44?. The van der Waals surface area contributed by atoms with Gasteiger partial charge in [0.25, 0.3) is 0 Å². The van der Waals surface area contributed by atoms with Crippen LogP contribution in [0.15, 0.2) is 131 Å². The largest absolute Gasteiger partial charge is 0.456 e. The molecule has 1 aliphatic carbocycles.